The maximum absolute atomic E-state index is 11.8. The fourth-order valence-electron chi connectivity index (χ4n) is 2.05. The molecule has 0 aliphatic carbocycles. The van der Waals surface area contributed by atoms with Crippen molar-refractivity contribution in [3.8, 4) is 11.5 Å². The molecule has 0 fully saturated rings. The number of halogens is 1. The summed E-state index contributed by atoms with van der Waals surface area (Å²) in [5, 5.41) is 3.47. The van der Waals surface area contributed by atoms with Gasteiger partial charge in [-0.2, -0.15) is 0 Å². The van der Waals surface area contributed by atoms with Gasteiger partial charge in [0, 0.05) is 11.4 Å². The van der Waals surface area contributed by atoms with Gasteiger partial charge in [0.1, 0.15) is 18.1 Å². The minimum absolute atomic E-state index is 0.00973. The Morgan fingerprint density at radius 1 is 1.13 bits per heavy atom. The van der Waals surface area contributed by atoms with Gasteiger partial charge in [0.25, 0.3) is 0 Å². The largest absolute Gasteiger partial charge is 0.497 e. The Balaban J connectivity index is 1.63. The van der Waals surface area contributed by atoms with Gasteiger partial charge in [0.2, 0.25) is 5.91 Å². The number of rotatable bonds is 8. The van der Waals surface area contributed by atoms with Crippen LogP contribution in [0.25, 0.3) is 0 Å². The summed E-state index contributed by atoms with van der Waals surface area (Å²) >= 11 is 5.87. The third-order valence-electron chi connectivity index (χ3n) is 3.29. The lowest BCUT2D eigenvalue weighted by molar-refractivity contribution is -0.121. The smallest absolute Gasteiger partial charge is 0.220 e. The number of hydrogen-bond acceptors (Lipinski definition) is 3. The molecule has 2 rings (SSSR count). The van der Waals surface area contributed by atoms with E-state index in [1.807, 2.05) is 36.4 Å². The van der Waals surface area contributed by atoms with Gasteiger partial charge in [-0.05, 0) is 42.3 Å². The second-order valence-electron chi connectivity index (χ2n) is 5.00. The van der Waals surface area contributed by atoms with Crippen LogP contribution in [0.15, 0.2) is 48.5 Å². The van der Waals surface area contributed by atoms with Gasteiger partial charge >= 0.3 is 0 Å². The first-order valence-electron chi connectivity index (χ1n) is 7.45. The first-order valence-corrected chi connectivity index (χ1v) is 7.83. The van der Waals surface area contributed by atoms with E-state index >= 15 is 0 Å². The fourth-order valence-corrected chi connectivity index (χ4v) is 2.23. The second kappa shape index (κ2) is 9.06. The molecule has 0 aliphatic heterocycles. The molecular weight excluding hydrogens is 314 g/mol. The van der Waals surface area contributed by atoms with Gasteiger partial charge in [0.15, 0.2) is 0 Å². The van der Waals surface area contributed by atoms with Crippen LogP contribution in [0.3, 0.4) is 0 Å². The highest BCUT2D eigenvalue weighted by Crippen LogP contribution is 2.16. The number of carbonyl (C=O) groups is 1. The molecule has 0 unspecified atom stereocenters. The number of ether oxygens (including phenoxy) is 2. The molecule has 0 aromatic heterocycles. The van der Waals surface area contributed by atoms with Crippen molar-refractivity contribution < 1.29 is 14.3 Å². The topological polar surface area (TPSA) is 47.6 Å². The molecule has 0 atom stereocenters. The van der Waals surface area contributed by atoms with E-state index in [1.54, 1.807) is 19.2 Å². The summed E-state index contributed by atoms with van der Waals surface area (Å²) < 4.78 is 10.6. The van der Waals surface area contributed by atoms with Crippen molar-refractivity contribution in [2.75, 3.05) is 20.3 Å². The Kier molecular flexibility index (Phi) is 6.76. The summed E-state index contributed by atoms with van der Waals surface area (Å²) in [5.74, 6) is 1.52. The zero-order valence-corrected chi connectivity index (χ0v) is 13.8. The third kappa shape index (κ3) is 6.20. The lowest BCUT2D eigenvalue weighted by Gasteiger charge is -2.08. The highest BCUT2D eigenvalue weighted by Gasteiger charge is 2.03. The Morgan fingerprint density at radius 2 is 1.91 bits per heavy atom. The Morgan fingerprint density at radius 3 is 2.61 bits per heavy atom. The molecule has 122 valence electrons. The van der Waals surface area contributed by atoms with Crippen molar-refractivity contribution >= 4 is 17.5 Å². The summed E-state index contributed by atoms with van der Waals surface area (Å²) in [6.07, 6.45) is 1.15. The van der Waals surface area contributed by atoms with Crippen LogP contribution in [0, 0.1) is 0 Å². The number of hydrogen-bond donors (Lipinski definition) is 1. The molecule has 0 aliphatic rings. The average molecular weight is 334 g/mol. The van der Waals surface area contributed by atoms with Crippen LogP contribution in [0.5, 0.6) is 11.5 Å². The molecule has 5 heteroatoms. The van der Waals surface area contributed by atoms with Crippen molar-refractivity contribution in [2.24, 2.45) is 0 Å². The molecule has 0 bridgehead atoms. The number of aryl methyl sites for hydroxylation is 1. The molecule has 1 N–H and O–H groups in total. The zero-order valence-electron chi connectivity index (χ0n) is 13.0. The van der Waals surface area contributed by atoms with Crippen molar-refractivity contribution in [1.82, 2.24) is 5.32 Å². The minimum atomic E-state index is 0.00973. The summed E-state index contributed by atoms with van der Waals surface area (Å²) in [5.41, 5.74) is 1.11. The van der Waals surface area contributed by atoms with Crippen LogP contribution >= 0.6 is 11.6 Å². The van der Waals surface area contributed by atoms with Gasteiger partial charge in [-0.25, -0.2) is 0 Å². The molecule has 0 saturated heterocycles. The van der Waals surface area contributed by atoms with E-state index in [0.717, 1.165) is 11.3 Å². The number of nitrogens with one attached hydrogen (secondary N) is 1. The normalized spacial score (nSPS) is 10.2. The monoisotopic (exact) mass is 333 g/mol. The Bertz CT molecular complexity index is 628. The van der Waals surface area contributed by atoms with Crippen molar-refractivity contribution in [3.05, 3.63) is 59.1 Å². The third-order valence-corrected chi connectivity index (χ3v) is 3.52. The predicted octanol–water partition coefficient (Wildman–Crippen LogP) is 3.48. The van der Waals surface area contributed by atoms with Crippen LogP contribution in [-0.2, 0) is 11.2 Å². The second-order valence-corrected chi connectivity index (χ2v) is 5.44. The van der Waals surface area contributed by atoms with Crippen molar-refractivity contribution in [2.45, 2.75) is 12.8 Å². The molecule has 2 aromatic rings. The minimum Gasteiger partial charge on any atom is -0.497 e. The molecular formula is C18H20ClNO3. The molecule has 0 heterocycles. The quantitative estimate of drug-likeness (QED) is 0.752. The number of benzene rings is 2. The number of carbonyl (C=O) groups excluding carboxylic acids is 1. The van der Waals surface area contributed by atoms with Crippen LogP contribution in [0.2, 0.25) is 5.02 Å². The Hall–Kier alpha value is -2.20. The first kappa shape index (κ1) is 17.2. The Labute approximate surface area is 141 Å². The molecule has 2 aromatic carbocycles. The van der Waals surface area contributed by atoms with Crippen molar-refractivity contribution in [3.63, 3.8) is 0 Å². The zero-order chi connectivity index (χ0) is 16.5. The highest BCUT2D eigenvalue weighted by molar-refractivity contribution is 6.30. The van der Waals surface area contributed by atoms with E-state index < -0.39 is 0 Å². The van der Waals surface area contributed by atoms with Crippen LogP contribution in [0.4, 0.5) is 0 Å². The van der Waals surface area contributed by atoms with E-state index in [-0.39, 0.29) is 5.91 Å². The van der Waals surface area contributed by atoms with E-state index in [0.29, 0.717) is 36.8 Å². The predicted molar refractivity (Wildman–Crippen MR) is 91.3 cm³/mol. The maximum Gasteiger partial charge on any atom is 0.220 e. The van der Waals surface area contributed by atoms with Gasteiger partial charge in [-0.15, -0.1) is 0 Å². The molecule has 0 spiro atoms. The SMILES string of the molecule is COc1ccc(CCC(=O)NCCOc2cccc(Cl)c2)cc1. The number of amides is 1. The maximum atomic E-state index is 11.8. The van der Waals surface area contributed by atoms with Gasteiger partial charge < -0.3 is 14.8 Å². The van der Waals surface area contributed by atoms with Gasteiger partial charge in [0.05, 0.1) is 13.7 Å². The summed E-state index contributed by atoms with van der Waals surface area (Å²) in [7, 11) is 1.63. The standard InChI is InChI=1S/C18H20ClNO3/c1-22-16-8-5-14(6-9-16)7-10-18(21)20-11-12-23-17-4-2-3-15(19)13-17/h2-6,8-9,13H,7,10-12H2,1H3,(H,20,21). The van der Waals surface area contributed by atoms with Gasteiger partial charge in [-0.3, -0.25) is 4.79 Å². The van der Waals surface area contributed by atoms with E-state index in [2.05, 4.69) is 5.32 Å². The average Bonchev–Trinajstić information content (AvgIpc) is 2.57. The fraction of sp³-hybridized carbons (Fsp3) is 0.278. The van der Waals surface area contributed by atoms with Crippen LogP contribution in [-0.4, -0.2) is 26.2 Å². The molecule has 4 nitrogen and oxygen atoms in total. The highest BCUT2D eigenvalue weighted by atomic mass is 35.5. The van der Waals surface area contributed by atoms with Crippen LogP contribution in [0.1, 0.15) is 12.0 Å². The van der Waals surface area contributed by atoms with E-state index in [4.69, 9.17) is 21.1 Å². The molecule has 23 heavy (non-hydrogen) atoms. The number of methoxy groups -OCH3 is 1. The molecule has 0 radical (unpaired) electrons. The van der Waals surface area contributed by atoms with Gasteiger partial charge in [-0.1, -0.05) is 29.8 Å². The molecule has 1 amide bonds. The first-order chi connectivity index (χ1) is 11.2. The summed E-state index contributed by atoms with van der Waals surface area (Å²) in [6, 6.07) is 14.9. The van der Waals surface area contributed by atoms with E-state index in [9.17, 15) is 4.79 Å². The summed E-state index contributed by atoms with van der Waals surface area (Å²) in [4.78, 5) is 11.8. The van der Waals surface area contributed by atoms with Crippen LogP contribution < -0.4 is 14.8 Å². The van der Waals surface area contributed by atoms with Crippen molar-refractivity contribution in [1.29, 1.82) is 0 Å². The lowest BCUT2D eigenvalue weighted by Crippen LogP contribution is -2.28. The van der Waals surface area contributed by atoms with E-state index in [1.165, 1.54) is 0 Å². The lowest BCUT2D eigenvalue weighted by atomic mass is 10.1. The molecule has 0 saturated carbocycles. The summed E-state index contributed by atoms with van der Waals surface area (Å²) in [6.45, 7) is 0.878.